The van der Waals surface area contributed by atoms with Crippen LogP contribution in [0.1, 0.15) is 18.1 Å². The molecule has 3 rings (SSSR count). The van der Waals surface area contributed by atoms with Crippen LogP contribution in [0.4, 0.5) is 5.69 Å². The number of nitrogens with zero attached hydrogens (tertiary/aromatic N) is 2. The first-order valence-corrected chi connectivity index (χ1v) is 11.9. The molecule has 31 heavy (non-hydrogen) atoms. The van der Waals surface area contributed by atoms with E-state index in [1.54, 1.807) is 25.1 Å². The second-order valence-corrected chi connectivity index (χ2v) is 9.31. The van der Waals surface area contributed by atoms with Gasteiger partial charge in [-0.15, -0.1) is 0 Å². The van der Waals surface area contributed by atoms with Crippen molar-refractivity contribution in [2.45, 2.75) is 18.4 Å². The zero-order valence-electron chi connectivity index (χ0n) is 18.0. The Morgan fingerprint density at radius 3 is 2.39 bits per heavy atom. The van der Waals surface area contributed by atoms with E-state index in [1.165, 1.54) is 18.2 Å². The van der Waals surface area contributed by atoms with Crippen molar-refractivity contribution in [3.8, 4) is 0 Å². The van der Waals surface area contributed by atoms with Crippen molar-refractivity contribution in [1.29, 1.82) is 0 Å². The molecule has 0 atom stereocenters. The number of rotatable bonds is 8. The average Bonchev–Trinajstić information content (AvgIpc) is 2.77. The molecule has 1 aliphatic heterocycles. The molecule has 0 spiro atoms. The lowest BCUT2D eigenvalue weighted by molar-refractivity contribution is -0.116. The highest BCUT2D eigenvalue weighted by Gasteiger charge is 2.16. The smallest absolute Gasteiger partial charge is 0.244 e. The van der Waals surface area contributed by atoms with E-state index in [4.69, 9.17) is 0 Å². The van der Waals surface area contributed by atoms with Crippen LogP contribution in [0.5, 0.6) is 0 Å². The molecule has 8 heteroatoms. The average molecular weight is 443 g/mol. The first-order chi connectivity index (χ1) is 14.9. The number of anilines is 1. The van der Waals surface area contributed by atoms with Gasteiger partial charge in [-0.3, -0.25) is 4.79 Å². The fourth-order valence-electron chi connectivity index (χ4n) is 3.46. The lowest BCUT2D eigenvalue weighted by Gasteiger charge is -2.35. The van der Waals surface area contributed by atoms with Crippen LogP contribution in [-0.2, 0) is 21.4 Å². The molecule has 166 valence electrons. The van der Waals surface area contributed by atoms with Gasteiger partial charge in [0.15, 0.2) is 0 Å². The summed E-state index contributed by atoms with van der Waals surface area (Å²) in [6.45, 7) is 6.52. The summed E-state index contributed by atoms with van der Waals surface area (Å²) in [5.41, 5.74) is 3.01. The van der Waals surface area contributed by atoms with Gasteiger partial charge in [0, 0.05) is 51.0 Å². The monoisotopic (exact) mass is 442 g/mol. The summed E-state index contributed by atoms with van der Waals surface area (Å²) in [7, 11) is -1.34. The minimum atomic E-state index is -3.47. The van der Waals surface area contributed by atoms with Crippen LogP contribution in [0.15, 0.2) is 59.5 Å². The number of amides is 1. The van der Waals surface area contributed by atoms with Gasteiger partial charge in [0.2, 0.25) is 15.9 Å². The molecule has 7 nitrogen and oxygen atoms in total. The molecule has 1 amide bonds. The SMILES string of the molecule is CCNS(=O)(=O)c1ccc(/C=C/C(=O)NCc2ccccc2N2CCN(C)CC2)cc1. The molecular formula is C23H30N4O3S. The Bertz CT molecular complexity index is 1010. The third-order valence-corrected chi connectivity index (χ3v) is 6.80. The van der Waals surface area contributed by atoms with Crippen molar-refractivity contribution in [1.82, 2.24) is 14.9 Å². The van der Waals surface area contributed by atoms with Gasteiger partial charge in [-0.2, -0.15) is 0 Å². The van der Waals surface area contributed by atoms with Crippen molar-refractivity contribution >= 4 is 27.7 Å². The lowest BCUT2D eigenvalue weighted by Crippen LogP contribution is -2.45. The molecule has 0 radical (unpaired) electrons. The minimum absolute atomic E-state index is 0.197. The Kier molecular flexibility index (Phi) is 7.84. The molecule has 1 heterocycles. The van der Waals surface area contributed by atoms with E-state index in [0.717, 1.165) is 43.0 Å². The van der Waals surface area contributed by atoms with Crippen LogP contribution < -0.4 is 14.9 Å². The number of nitrogens with one attached hydrogen (secondary N) is 2. The van der Waals surface area contributed by atoms with Crippen molar-refractivity contribution in [3.63, 3.8) is 0 Å². The Balaban J connectivity index is 1.58. The van der Waals surface area contributed by atoms with Gasteiger partial charge in [0.1, 0.15) is 0 Å². The molecule has 0 aromatic heterocycles. The second-order valence-electron chi connectivity index (χ2n) is 7.54. The van der Waals surface area contributed by atoms with Gasteiger partial charge in [-0.25, -0.2) is 13.1 Å². The van der Waals surface area contributed by atoms with Crippen LogP contribution >= 0.6 is 0 Å². The van der Waals surface area contributed by atoms with Crippen molar-refractivity contribution in [3.05, 3.63) is 65.7 Å². The van der Waals surface area contributed by atoms with Crippen molar-refractivity contribution in [2.75, 3.05) is 44.7 Å². The van der Waals surface area contributed by atoms with E-state index in [1.807, 2.05) is 18.2 Å². The topological polar surface area (TPSA) is 81.7 Å². The van der Waals surface area contributed by atoms with Crippen LogP contribution in [0.3, 0.4) is 0 Å². The van der Waals surface area contributed by atoms with E-state index < -0.39 is 10.0 Å². The Hall–Kier alpha value is -2.68. The minimum Gasteiger partial charge on any atom is -0.369 e. The van der Waals surface area contributed by atoms with Gasteiger partial charge < -0.3 is 15.1 Å². The van der Waals surface area contributed by atoms with E-state index in [0.29, 0.717) is 13.1 Å². The first-order valence-electron chi connectivity index (χ1n) is 10.5. The molecule has 0 aliphatic carbocycles. The molecule has 2 N–H and O–H groups in total. The summed E-state index contributed by atoms with van der Waals surface area (Å²) < 4.78 is 26.4. The number of carbonyl (C=O) groups is 1. The Morgan fingerprint density at radius 2 is 1.71 bits per heavy atom. The summed E-state index contributed by atoms with van der Waals surface area (Å²) >= 11 is 0. The van der Waals surface area contributed by atoms with Gasteiger partial charge in [0.05, 0.1) is 4.90 Å². The molecule has 1 saturated heterocycles. The van der Waals surface area contributed by atoms with E-state index in [2.05, 4.69) is 33.0 Å². The van der Waals surface area contributed by atoms with Crippen LogP contribution in [0, 0.1) is 0 Å². The zero-order chi connectivity index (χ0) is 22.3. The fourth-order valence-corrected chi connectivity index (χ4v) is 4.50. The number of benzene rings is 2. The summed E-state index contributed by atoms with van der Waals surface area (Å²) in [5, 5.41) is 2.94. The summed E-state index contributed by atoms with van der Waals surface area (Å²) in [5.74, 6) is -0.197. The van der Waals surface area contributed by atoms with Gasteiger partial charge in [0.25, 0.3) is 0 Å². The summed E-state index contributed by atoms with van der Waals surface area (Å²) in [6, 6.07) is 14.6. The van der Waals surface area contributed by atoms with Crippen molar-refractivity contribution < 1.29 is 13.2 Å². The summed E-state index contributed by atoms with van der Waals surface area (Å²) in [6.07, 6.45) is 3.14. The van der Waals surface area contributed by atoms with Crippen LogP contribution in [-0.4, -0.2) is 59.0 Å². The predicted octanol–water partition coefficient (Wildman–Crippen LogP) is 2.07. The Morgan fingerprint density at radius 1 is 1.03 bits per heavy atom. The van der Waals surface area contributed by atoms with E-state index in [9.17, 15) is 13.2 Å². The second kappa shape index (κ2) is 10.6. The molecule has 0 unspecified atom stereocenters. The quantitative estimate of drug-likeness (QED) is 0.612. The number of para-hydroxylation sites is 1. The van der Waals surface area contributed by atoms with E-state index in [-0.39, 0.29) is 10.8 Å². The maximum absolute atomic E-state index is 12.3. The highest BCUT2D eigenvalue weighted by molar-refractivity contribution is 7.89. The third-order valence-electron chi connectivity index (χ3n) is 5.24. The maximum atomic E-state index is 12.3. The van der Waals surface area contributed by atoms with Crippen molar-refractivity contribution in [2.24, 2.45) is 0 Å². The summed E-state index contributed by atoms with van der Waals surface area (Å²) in [4.78, 5) is 17.2. The number of hydrogen-bond donors (Lipinski definition) is 2. The maximum Gasteiger partial charge on any atom is 0.244 e. The first kappa shape index (κ1) is 23.0. The standard InChI is InChI=1S/C23H30N4O3S/c1-3-25-31(29,30)21-11-8-19(9-12-21)10-13-23(28)24-18-20-6-4-5-7-22(20)27-16-14-26(2)15-17-27/h4-13,25H,3,14-18H2,1-2H3,(H,24,28)/b13-10+. The molecule has 1 fully saturated rings. The Labute approximate surface area is 184 Å². The van der Waals surface area contributed by atoms with Crippen LogP contribution in [0.2, 0.25) is 0 Å². The number of likely N-dealkylation sites (N-methyl/N-ethyl adjacent to an activating group) is 1. The fraction of sp³-hybridized carbons (Fsp3) is 0.348. The zero-order valence-corrected chi connectivity index (χ0v) is 18.9. The van der Waals surface area contributed by atoms with Gasteiger partial charge in [-0.05, 0) is 42.4 Å². The molecule has 2 aromatic rings. The van der Waals surface area contributed by atoms with Gasteiger partial charge in [-0.1, -0.05) is 37.3 Å². The molecule has 0 bridgehead atoms. The number of hydrogen-bond acceptors (Lipinski definition) is 5. The molecule has 0 saturated carbocycles. The normalized spacial score (nSPS) is 15.4. The number of sulfonamides is 1. The molecule has 2 aromatic carbocycles. The molecule has 1 aliphatic rings. The highest BCUT2D eigenvalue weighted by Crippen LogP contribution is 2.21. The van der Waals surface area contributed by atoms with Gasteiger partial charge >= 0.3 is 0 Å². The lowest BCUT2D eigenvalue weighted by atomic mass is 10.1. The third kappa shape index (κ3) is 6.40. The largest absolute Gasteiger partial charge is 0.369 e. The molecular weight excluding hydrogens is 412 g/mol. The predicted molar refractivity (Wildman–Crippen MR) is 124 cm³/mol. The van der Waals surface area contributed by atoms with Crippen LogP contribution in [0.25, 0.3) is 6.08 Å². The highest BCUT2D eigenvalue weighted by atomic mass is 32.2. The number of carbonyl (C=O) groups excluding carboxylic acids is 1. The number of piperazine rings is 1. The van der Waals surface area contributed by atoms with E-state index >= 15 is 0 Å².